The average Bonchev–Trinajstić information content (AvgIpc) is 3.21. The van der Waals surface area contributed by atoms with Crippen LogP contribution in [0, 0.1) is 0 Å². The van der Waals surface area contributed by atoms with Crippen LogP contribution >= 0.6 is 0 Å². The lowest BCUT2D eigenvalue weighted by atomic mass is 10.1. The number of carboxylic acid groups (broad SMARTS) is 1. The van der Waals surface area contributed by atoms with Gasteiger partial charge in [-0.3, -0.25) is 4.99 Å². The summed E-state index contributed by atoms with van der Waals surface area (Å²) in [6, 6.07) is 11.8. The van der Waals surface area contributed by atoms with Crippen LogP contribution in [-0.4, -0.2) is 37.3 Å². The molecule has 3 amide bonds. The Hall–Kier alpha value is -3.75. The van der Waals surface area contributed by atoms with E-state index in [1.165, 1.54) is 6.40 Å². The number of aliphatic imine (C=N–C) groups is 1. The Balaban J connectivity index is 1.63. The molecule has 0 radical (unpaired) electrons. The van der Waals surface area contributed by atoms with Crippen LogP contribution in [0.5, 0.6) is 5.75 Å². The van der Waals surface area contributed by atoms with Crippen LogP contribution in [0.4, 0.5) is 21.0 Å². The van der Waals surface area contributed by atoms with Gasteiger partial charge in [-0.1, -0.05) is 12.1 Å². The van der Waals surface area contributed by atoms with E-state index >= 15 is 0 Å². The van der Waals surface area contributed by atoms with Crippen molar-refractivity contribution in [2.45, 2.75) is 12.6 Å². The molecule has 9 heteroatoms. The van der Waals surface area contributed by atoms with Gasteiger partial charge in [-0.2, -0.15) is 0 Å². The highest BCUT2D eigenvalue weighted by Gasteiger charge is 2.20. The van der Waals surface area contributed by atoms with Crippen molar-refractivity contribution in [2.75, 3.05) is 24.3 Å². The Morgan fingerprint density at radius 3 is 2.68 bits per heavy atom. The first-order valence-electron chi connectivity index (χ1n) is 8.50. The summed E-state index contributed by atoms with van der Waals surface area (Å²) in [5.74, 6) is 0.593. The molecular formula is C19H20N4O5. The van der Waals surface area contributed by atoms with Crippen molar-refractivity contribution in [1.29, 1.82) is 0 Å². The Bertz CT molecular complexity index is 892. The molecule has 1 unspecified atom stereocenters. The van der Waals surface area contributed by atoms with E-state index in [4.69, 9.17) is 14.6 Å². The minimum Gasteiger partial charge on any atom is -0.496 e. The number of anilines is 2. The Morgan fingerprint density at radius 2 is 2.00 bits per heavy atom. The minimum absolute atomic E-state index is 0.151. The summed E-state index contributed by atoms with van der Waals surface area (Å²) in [6.07, 6.45) is 0.118. The van der Waals surface area contributed by atoms with E-state index in [2.05, 4.69) is 20.9 Å². The van der Waals surface area contributed by atoms with Crippen LogP contribution in [0.1, 0.15) is 17.2 Å². The summed E-state index contributed by atoms with van der Waals surface area (Å²) in [5.41, 5.74) is 2.68. The monoisotopic (exact) mass is 384 g/mol. The van der Waals surface area contributed by atoms with Crippen molar-refractivity contribution in [1.82, 2.24) is 5.32 Å². The van der Waals surface area contributed by atoms with Crippen LogP contribution in [-0.2, 0) is 11.3 Å². The van der Waals surface area contributed by atoms with Crippen LogP contribution < -0.4 is 20.7 Å². The molecule has 2 aromatic carbocycles. The fourth-order valence-corrected chi connectivity index (χ4v) is 2.76. The Morgan fingerprint density at radius 1 is 1.21 bits per heavy atom. The topological polar surface area (TPSA) is 121 Å². The van der Waals surface area contributed by atoms with Crippen molar-refractivity contribution >= 4 is 29.9 Å². The van der Waals surface area contributed by atoms with E-state index in [1.807, 2.05) is 6.07 Å². The van der Waals surface area contributed by atoms with Crippen LogP contribution in [0.15, 0.2) is 47.5 Å². The Labute approximate surface area is 161 Å². The first-order chi connectivity index (χ1) is 13.5. The van der Waals surface area contributed by atoms with Gasteiger partial charge in [0, 0.05) is 29.5 Å². The second-order valence-electron chi connectivity index (χ2n) is 5.99. The lowest BCUT2D eigenvalue weighted by Gasteiger charge is -2.15. The van der Waals surface area contributed by atoms with Gasteiger partial charge < -0.3 is 30.5 Å². The predicted molar refractivity (Wildman–Crippen MR) is 104 cm³/mol. The summed E-state index contributed by atoms with van der Waals surface area (Å²) in [5, 5.41) is 16.4. The van der Waals surface area contributed by atoms with Crippen LogP contribution in [0.2, 0.25) is 0 Å². The largest absolute Gasteiger partial charge is 0.496 e. The molecule has 28 heavy (non-hydrogen) atoms. The molecule has 0 saturated heterocycles. The SMILES string of the molecule is COc1cc(NC(=O)Nc2cccc(CNC(=O)O)c2)ccc1C1CN=CO1. The number of rotatable bonds is 6. The number of benzene rings is 2. The van der Waals surface area contributed by atoms with Gasteiger partial charge in [0.05, 0.1) is 13.7 Å². The zero-order valence-electron chi connectivity index (χ0n) is 15.1. The first kappa shape index (κ1) is 19.0. The van der Waals surface area contributed by atoms with E-state index in [0.717, 1.165) is 11.1 Å². The number of nitrogens with zero attached hydrogens (tertiary/aromatic N) is 1. The molecule has 0 spiro atoms. The molecule has 1 heterocycles. The van der Waals surface area contributed by atoms with Crippen LogP contribution in [0.3, 0.4) is 0 Å². The third-order valence-corrected chi connectivity index (χ3v) is 4.04. The number of hydrogen-bond acceptors (Lipinski definition) is 5. The Kier molecular flexibility index (Phi) is 5.95. The number of carbonyl (C=O) groups excluding carboxylic acids is 1. The zero-order chi connectivity index (χ0) is 19.9. The van der Waals surface area contributed by atoms with E-state index in [0.29, 0.717) is 23.7 Å². The first-order valence-corrected chi connectivity index (χ1v) is 8.50. The maximum atomic E-state index is 12.3. The fourth-order valence-electron chi connectivity index (χ4n) is 2.76. The normalized spacial score (nSPS) is 14.8. The van der Waals surface area contributed by atoms with E-state index in [9.17, 15) is 9.59 Å². The third-order valence-electron chi connectivity index (χ3n) is 4.04. The maximum absolute atomic E-state index is 12.3. The molecule has 4 N–H and O–H groups in total. The zero-order valence-corrected chi connectivity index (χ0v) is 15.1. The van der Waals surface area contributed by atoms with Crippen molar-refractivity contribution in [3.63, 3.8) is 0 Å². The molecule has 0 bridgehead atoms. The number of nitrogens with one attached hydrogen (secondary N) is 3. The molecular weight excluding hydrogens is 364 g/mol. The molecule has 0 aliphatic carbocycles. The molecule has 1 aliphatic heterocycles. The highest BCUT2D eigenvalue weighted by Crippen LogP contribution is 2.32. The predicted octanol–water partition coefficient (Wildman–Crippen LogP) is 3.21. The highest BCUT2D eigenvalue weighted by atomic mass is 16.5. The van der Waals surface area contributed by atoms with E-state index in [-0.39, 0.29) is 12.6 Å². The van der Waals surface area contributed by atoms with Gasteiger partial charge in [0.15, 0.2) is 6.40 Å². The highest BCUT2D eigenvalue weighted by molar-refractivity contribution is 5.99. The molecule has 3 rings (SSSR count). The molecule has 1 aliphatic rings. The van der Waals surface area contributed by atoms with Crippen molar-refractivity contribution in [3.05, 3.63) is 53.6 Å². The maximum Gasteiger partial charge on any atom is 0.404 e. The number of methoxy groups -OCH3 is 1. The van der Waals surface area contributed by atoms with Gasteiger partial charge >= 0.3 is 12.1 Å². The molecule has 9 nitrogen and oxygen atoms in total. The van der Waals surface area contributed by atoms with Gasteiger partial charge in [-0.15, -0.1) is 0 Å². The van der Waals surface area contributed by atoms with Crippen molar-refractivity contribution < 1.29 is 24.2 Å². The number of hydrogen-bond donors (Lipinski definition) is 4. The number of urea groups is 1. The fraction of sp³-hybridized carbons (Fsp3) is 0.211. The number of ether oxygens (including phenoxy) is 2. The van der Waals surface area contributed by atoms with Gasteiger partial charge in [0.25, 0.3) is 0 Å². The van der Waals surface area contributed by atoms with Gasteiger partial charge in [-0.25, -0.2) is 9.59 Å². The molecule has 146 valence electrons. The van der Waals surface area contributed by atoms with Gasteiger partial charge in [0.2, 0.25) is 0 Å². The molecule has 0 fully saturated rings. The molecule has 0 saturated carbocycles. The van der Waals surface area contributed by atoms with Gasteiger partial charge in [0.1, 0.15) is 11.9 Å². The smallest absolute Gasteiger partial charge is 0.404 e. The quantitative estimate of drug-likeness (QED) is 0.609. The summed E-state index contributed by atoms with van der Waals surface area (Å²) in [7, 11) is 1.55. The van der Waals surface area contributed by atoms with Crippen molar-refractivity contribution in [2.24, 2.45) is 4.99 Å². The minimum atomic E-state index is -1.11. The third kappa shape index (κ3) is 4.91. The van der Waals surface area contributed by atoms with Crippen LogP contribution in [0.25, 0.3) is 0 Å². The molecule has 0 aromatic heterocycles. The van der Waals surface area contributed by atoms with E-state index in [1.54, 1.807) is 43.5 Å². The number of carbonyl (C=O) groups is 2. The summed E-state index contributed by atoms with van der Waals surface area (Å²) in [4.78, 5) is 26.9. The lowest BCUT2D eigenvalue weighted by Crippen LogP contribution is -2.21. The second kappa shape index (κ2) is 8.76. The summed E-state index contributed by atoms with van der Waals surface area (Å²) < 4.78 is 10.8. The second-order valence-corrected chi connectivity index (χ2v) is 5.99. The van der Waals surface area contributed by atoms with Crippen molar-refractivity contribution in [3.8, 4) is 5.75 Å². The molecule has 2 aromatic rings. The summed E-state index contributed by atoms with van der Waals surface area (Å²) in [6.45, 7) is 0.675. The van der Waals surface area contributed by atoms with Gasteiger partial charge in [-0.05, 0) is 29.8 Å². The summed E-state index contributed by atoms with van der Waals surface area (Å²) >= 11 is 0. The standard InChI is InChI=1S/C19H20N4O5/c1-27-16-8-14(5-6-15(16)17-10-20-11-28-17)23-18(24)22-13-4-2-3-12(7-13)9-21-19(25)26/h2-8,11,17,21H,9-10H2,1H3,(H,25,26)(H2,22,23,24). The number of amides is 3. The average molecular weight is 384 g/mol. The van der Waals surface area contributed by atoms with E-state index < -0.39 is 12.1 Å². The molecule has 1 atom stereocenters. The lowest BCUT2D eigenvalue weighted by molar-refractivity contribution is 0.194.